The molecule has 0 aliphatic rings. The molecule has 0 aliphatic carbocycles. The number of amides is 1. The van der Waals surface area contributed by atoms with Crippen molar-refractivity contribution in [3.8, 4) is 0 Å². The van der Waals surface area contributed by atoms with Crippen molar-refractivity contribution in [1.82, 2.24) is 0 Å². The van der Waals surface area contributed by atoms with Gasteiger partial charge in [-0.25, -0.2) is 4.79 Å². The van der Waals surface area contributed by atoms with Crippen LogP contribution in [0.25, 0.3) is 6.08 Å². The van der Waals surface area contributed by atoms with Crippen molar-refractivity contribution in [2.45, 2.75) is 6.92 Å². The van der Waals surface area contributed by atoms with Gasteiger partial charge in [0.2, 0.25) is 5.91 Å². The van der Waals surface area contributed by atoms with Crippen molar-refractivity contribution in [2.24, 2.45) is 5.73 Å². The lowest BCUT2D eigenvalue weighted by atomic mass is 10.0. The number of rotatable bonds is 3. The summed E-state index contributed by atoms with van der Waals surface area (Å²) in [6, 6.07) is 4.80. The van der Waals surface area contributed by atoms with Gasteiger partial charge in [0.15, 0.2) is 0 Å². The molecule has 3 N–H and O–H groups in total. The van der Waals surface area contributed by atoms with E-state index < -0.39 is 11.9 Å². The lowest BCUT2D eigenvalue weighted by Gasteiger charge is -2.01. The van der Waals surface area contributed by atoms with Crippen LogP contribution in [0.2, 0.25) is 0 Å². The number of hydrogen-bond donors (Lipinski definition) is 2. The number of carboxylic acids is 1. The summed E-state index contributed by atoms with van der Waals surface area (Å²) in [4.78, 5) is 21.2. The lowest BCUT2D eigenvalue weighted by molar-refractivity contribution is -0.113. The fourth-order valence-corrected chi connectivity index (χ4v) is 1.21. The Hall–Kier alpha value is -2.10. The predicted octanol–water partition coefficient (Wildman–Crippen LogP) is 1.19. The highest BCUT2D eigenvalue weighted by Gasteiger charge is 2.05. The maximum atomic E-state index is 10.7. The summed E-state index contributed by atoms with van der Waals surface area (Å²) < 4.78 is 0. The van der Waals surface area contributed by atoms with Crippen molar-refractivity contribution in [2.75, 3.05) is 0 Å². The number of primary amides is 1. The maximum absolute atomic E-state index is 10.7. The summed E-state index contributed by atoms with van der Waals surface area (Å²) in [5.74, 6) is -1.49. The second-order valence-corrected chi connectivity index (χ2v) is 3.12. The van der Waals surface area contributed by atoms with Gasteiger partial charge in [-0.1, -0.05) is 12.1 Å². The zero-order chi connectivity index (χ0) is 11.4. The molecule has 0 saturated carbocycles. The van der Waals surface area contributed by atoms with Crippen molar-refractivity contribution < 1.29 is 14.7 Å². The molecule has 0 unspecified atom stereocenters. The van der Waals surface area contributed by atoms with Gasteiger partial charge in [-0.05, 0) is 30.2 Å². The minimum atomic E-state index is -0.960. The van der Waals surface area contributed by atoms with Crippen molar-refractivity contribution >= 4 is 18.0 Å². The van der Waals surface area contributed by atoms with Gasteiger partial charge in [0, 0.05) is 6.08 Å². The highest BCUT2D eigenvalue weighted by Crippen LogP contribution is 2.12. The molecule has 4 heteroatoms. The van der Waals surface area contributed by atoms with Crippen LogP contribution in [0, 0.1) is 6.92 Å². The van der Waals surface area contributed by atoms with Gasteiger partial charge in [0.05, 0.1) is 5.56 Å². The molecule has 78 valence electrons. The molecule has 0 spiro atoms. The van der Waals surface area contributed by atoms with E-state index in [2.05, 4.69) is 0 Å². The number of aryl methyl sites for hydroxylation is 1. The number of carboxylic acid groups (broad SMARTS) is 1. The van der Waals surface area contributed by atoms with E-state index in [1.165, 1.54) is 12.1 Å². The van der Waals surface area contributed by atoms with E-state index in [9.17, 15) is 9.59 Å². The summed E-state index contributed by atoms with van der Waals surface area (Å²) in [5, 5.41) is 8.78. The van der Waals surface area contributed by atoms with Crippen LogP contribution in [-0.4, -0.2) is 17.0 Å². The monoisotopic (exact) mass is 205 g/mol. The van der Waals surface area contributed by atoms with E-state index in [0.717, 1.165) is 5.56 Å². The van der Waals surface area contributed by atoms with Gasteiger partial charge < -0.3 is 10.8 Å². The molecular formula is C11H11NO3. The number of carbonyl (C=O) groups is 2. The molecular weight excluding hydrogens is 194 g/mol. The van der Waals surface area contributed by atoms with Crippen molar-refractivity contribution in [3.05, 3.63) is 41.0 Å². The SMILES string of the molecule is Cc1cc(C=CC(N)=O)ccc1C(=O)O. The quantitative estimate of drug-likeness (QED) is 0.727. The zero-order valence-electron chi connectivity index (χ0n) is 8.23. The molecule has 1 aromatic carbocycles. The average molecular weight is 205 g/mol. The van der Waals surface area contributed by atoms with Gasteiger partial charge in [-0.2, -0.15) is 0 Å². The lowest BCUT2D eigenvalue weighted by Crippen LogP contribution is -2.05. The van der Waals surface area contributed by atoms with Gasteiger partial charge in [-0.3, -0.25) is 4.79 Å². The molecule has 0 atom stereocenters. The summed E-state index contributed by atoms with van der Waals surface area (Å²) in [5.41, 5.74) is 6.59. The van der Waals surface area contributed by atoms with Crippen LogP contribution in [0.5, 0.6) is 0 Å². The predicted molar refractivity (Wildman–Crippen MR) is 56.4 cm³/mol. The van der Waals surface area contributed by atoms with E-state index >= 15 is 0 Å². The van der Waals surface area contributed by atoms with Crippen molar-refractivity contribution in [1.29, 1.82) is 0 Å². The number of benzene rings is 1. The number of nitrogens with two attached hydrogens (primary N) is 1. The van der Waals surface area contributed by atoms with Crippen molar-refractivity contribution in [3.63, 3.8) is 0 Å². The highest BCUT2D eigenvalue weighted by molar-refractivity contribution is 5.91. The number of aromatic carboxylic acids is 1. The van der Waals surface area contributed by atoms with E-state index in [1.807, 2.05) is 0 Å². The summed E-state index contributed by atoms with van der Waals surface area (Å²) in [6.45, 7) is 1.70. The van der Waals surface area contributed by atoms with Gasteiger partial charge in [0.1, 0.15) is 0 Å². The number of carbonyl (C=O) groups excluding carboxylic acids is 1. The molecule has 1 aromatic rings. The van der Waals surface area contributed by atoms with Crippen LogP contribution in [0.1, 0.15) is 21.5 Å². The van der Waals surface area contributed by atoms with E-state index in [0.29, 0.717) is 5.56 Å². The third kappa shape index (κ3) is 2.95. The van der Waals surface area contributed by atoms with Crippen LogP contribution in [0.4, 0.5) is 0 Å². The largest absolute Gasteiger partial charge is 0.478 e. The summed E-state index contributed by atoms with van der Waals surface area (Å²) in [7, 11) is 0. The van der Waals surface area contributed by atoms with Crippen LogP contribution >= 0.6 is 0 Å². The minimum absolute atomic E-state index is 0.256. The Morgan fingerprint density at radius 2 is 2.07 bits per heavy atom. The Morgan fingerprint density at radius 1 is 1.40 bits per heavy atom. The molecule has 0 radical (unpaired) electrons. The fraction of sp³-hybridized carbons (Fsp3) is 0.0909. The molecule has 15 heavy (non-hydrogen) atoms. The van der Waals surface area contributed by atoms with E-state index in [4.69, 9.17) is 10.8 Å². The summed E-state index contributed by atoms with van der Waals surface area (Å²) in [6.07, 6.45) is 2.77. The van der Waals surface area contributed by atoms with Crippen LogP contribution in [-0.2, 0) is 4.79 Å². The standard InChI is InChI=1S/C11H11NO3/c1-7-6-8(3-5-10(12)13)2-4-9(7)11(14)15/h2-6H,1H3,(H2,12,13)(H,14,15). The topological polar surface area (TPSA) is 80.4 Å². The Bertz CT molecular complexity index is 435. The third-order valence-electron chi connectivity index (χ3n) is 1.92. The molecule has 4 nitrogen and oxygen atoms in total. The molecule has 0 saturated heterocycles. The van der Waals surface area contributed by atoms with Crippen LogP contribution < -0.4 is 5.73 Å². The number of hydrogen-bond acceptors (Lipinski definition) is 2. The fourth-order valence-electron chi connectivity index (χ4n) is 1.21. The zero-order valence-corrected chi connectivity index (χ0v) is 8.23. The first-order chi connectivity index (χ1) is 7.00. The summed E-state index contributed by atoms with van der Waals surface area (Å²) >= 11 is 0. The Morgan fingerprint density at radius 3 is 2.53 bits per heavy atom. The minimum Gasteiger partial charge on any atom is -0.478 e. The van der Waals surface area contributed by atoms with Gasteiger partial charge >= 0.3 is 5.97 Å². The first kappa shape index (κ1) is 11.0. The van der Waals surface area contributed by atoms with Crippen LogP contribution in [0.3, 0.4) is 0 Å². The molecule has 0 aromatic heterocycles. The first-order valence-corrected chi connectivity index (χ1v) is 4.32. The van der Waals surface area contributed by atoms with E-state index in [-0.39, 0.29) is 5.56 Å². The maximum Gasteiger partial charge on any atom is 0.335 e. The normalized spacial score (nSPS) is 10.5. The third-order valence-corrected chi connectivity index (χ3v) is 1.92. The first-order valence-electron chi connectivity index (χ1n) is 4.32. The molecule has 0 aliphatic heterocycles. The molecule has 0 fully saturated rings. The second kappa shape index (κ2) is 4.41. The molecule has 0 heterocycles. The molecule has 0 bridgehead atoms. The Balaban J connectivity index is 3.01. The average Bonchev–Trinajstić information content (AvgIpc) is 2.14. The Labute approximate surface area is 87.0 Å². The second-order valence-electron chi connectivity index (χ2n) is 3.12. The van der Waals surface area contributed by atoms with Gasteiger partial charge in [-0.15, -0.1) is 0 Å². The highest BCUT2D eigenvalue weighted by atomic mass is 16.4. The molecule has 1 amide bonds. The Kier molecular flexibility index (Phi) is 3.23. The smallest absolute Gasteiger partial charge is 0.335 e. The van der Waals surface area contributed by atoms with E-state index in [1.54, 1.807) is 25.1 Å². The van der Waals surface area contributed by atoms with Gasteiger partial charge in [0.25, 0.3) is 0 Å². The van der Waals surface area contributed by atoms with Crippen LogP contribution in [0.15, 0.2) is 24.3 Å². The molecule has 1 rings (SSSR count).